The van der Waals surface area contributed by atoms with Crippen molar-refractivity contribution < 1.29 is 4.74 Å². The minimum atomic E-state index is 0.158. The van der Waals surface area contributed by atoms with E-state index >= 15 is 0 Å². The van der Waals surface area contributed by atoms with Crippen molar-refractivity contribution in [3.8, 4) is 6.01 Å². The van der Waals surface area contributed by atoms with Crippen LogP contribution in [0.5, 0.6) is 6.01 Å². The molecular formula is C6H8ClN3O. The molecule has 0 aromatic carbocycles. The molecular weight excluding hydrogens is 166 g/mol. The molecule has 0 radical (unpaired) electrons. The van der Waals surface area contributed by atoms with Crippen LogP contribution in [-0.2, 0) is 0 Å². The molecule has 1 rings (SSSR count). The SMILES string of the molecule is CCCOc1ncnc(Cl)n1. The highest BCUT2D eigenvalue weighted by molar-refractivity contribution is 6.28. The van der Waals surface area contributed by atoms with E-state index in [4.69, 9.17) is 16.3 Å². The van der Waals surface area contributed by atoms with Gasteiger partial charge in [-0.2, -0.15) is 9.97 Å². The Bertz CT molecular complexity index is 231. The summed E-state index contributed by atoms with van der Waals surface area (Å²) in [7, 11) is 0. The summed E-state index contributed by atoms with van der Waals surface area (Å²) >= 11 is 5.48. The second-order valence-electron chi connectivity index (χ2n) is 1.89. The number of hydrogen-bond donors (Lipinski definition) is 0. The van der Waals surface area contributed by atoms with Gasteiger partial charge in [-0.25, -0.2) is 4.98 Å². The van der Waals surface area contributed by atoms with E-state index in [0.29, 0.717) is 6.61 Å². The lowest BCUT2D eigenvalue weighted by molar-refractivity contribution is 0.291. The summed E-state index contributed by atoms with van der Waals surface area (Å²) in [6.07, 6.45) is 2.24. The molecule has 0 amide bonds. The summed E-state index contributed by atoms with van der Waals surface area (Å²) in [5, 5.41) is 0.158. The van der Waals surface area contributed by atoms with Gasteiger partial charge < -0.3 is 4.74 Å². The quantitative estimate of drug-likeness (QED) is 0.692. The second-order valence-corrected chi connectivity index (χ2v) is 2.22. The van der Waals surface area contributed by atoms with Gasteiger partial charge in [-0.1, -0.05) is 6.92 Å². The maximum atomic E-state index is 5.48. The van der Waals surface area contributed by atoms with Gasteiger partial charge in [-0.15, -0.1) is 0 Å². The van der Waals surface area contributed by atoms with Gasteiger partial charge >= 0.3 is 6.01 Å². The van der Waals surface area contributed by atoms with Crippen LogP contribution in [0.3, 0.4) is 0 Å². The van der Waals surface area contributed by atoms with Crippen LogP contribution < -0.4 is 4.74 Å². The first kappa shape index (κ1) is 8.20. The Balaban J connectivity index is 2.56. The van der Waals surface area contributed by atoms with Crippen LogP contribution in [0, 0.1) is 0 Å². The third-order valence-electron chi connectivity index (χ3n) is 0.956. The lowest BCUT2D eigenvalue weighted by atomic mass is 10.5. The molecule has 0 saturated carbocycles. The first-order valence-corrected chi connectivity index (χ1v) is 3.68. The summed E-state index contributed by atoms with van der Waals surface area (Å²) < 4.78 is 5.09. The minimum absolute atomic E-state index is 0.158. The van der Waals surface area contributed by atoms with Gasteiger partial charge in [-0.3, -0.25) is 0 Å². The Labute approximate surface area is 69.6 Å². The number of rotatable bonds is 3. The molecule has 0 aliphatic carbocycles. The Kier molecular flexibility index (Phi) is 3.04. The van der Waals surface area contributed by atoms with E-state index in [0.717, 1.165) is 6.42 Å². The molecule has 0 N–H and O–H groups in total. The molecule has 1 heterocycles. The van der Waals surface area contributed by atoms with E-state index in [-0.39, 0.29) is 11.3 Å². The van der Waals surface area contributed by atoms with Crippen LogP contribution in [0.1, 0.15) is 13.3 Å². The zero-order chi connectivity index (χ0) is 8.10. The zero-order valence-corrected chi connectivity index (χ0v) is 6.88. The van der Waals surface area contributed by atoms with Crippen molar-refractivity contribution in [2.45, 2.75) is 13.3 Å². The largest absolute Gasteiger partial charge is 0.463 e. The molecule has 0 aliphatic rings. The predicted molar refractivity (Wildman–Crippen MR) is 40.6 cm³/mol. The van der Waals surface area contributed by atoms with Crippen LogP contribution in [0.2, 0.25) is 5.28 Å². The standard InChI is InChI=1S/C6H8ClN3O/c1-2-3-11-6-9-4-8-5(7)10-6/h4H,2-3H2,1H3. The molecule has 0 saturated heterocycles. The molecule has 0 spiro atoms. The van der Waals surface area contributed by atoms with Crippen molar-refractivity contribution in [2.75, 3.05) is 6.61 Å². The lowest BCUT2D eigenvalue weighted by Gasteiger charge is -1.99. The van der Waals surface area contributed by atoms with Crippen molar-refractivity contribution in [3.63, 3.8) is 0 Å². The van der Waals surface area contributed by atoms with Crippen LogP contribution in [-0.4, -0.2) is 21.6 Å². The van der Waals surface area contributed by atoms with Gasteiger partial charge in [0.15, 0.2) is 0 Å². The summed E-state index contributed by atoms with van der Waals surface area (Å²) in [4.78, 5) is 11.1. The predicted octanol–water partition coefficient (Wildman–Crippen LogP) is 1.31. The highest BCUT2D eigenvalue weighted by Gasteiger charge is 1.96. The highest BCUT2D eigenvalue weighted by atomic mass is 35.5. The van der Waals surface area contributed by atoms with Crippen LogP contribution in [0.4, 0.5) is 0 Å². The Morgan fingerprint density at radius 1 is 1.55 bits per heavy atom. The molecule has 0 aliphatic heterocycles. The first-order valence-electron chi connectivity index (χ1n) is 3.30. The fourth-order valence-electron chi connectivity index (χ4n) is 0.525. The van der Waals surface area contributed by atoms with E-state index in [2.05, 4.69) is 15.0 Å². The molecule has 60 valence electrons. The summed E-state index contributed by atoms with van der Waals surface area (Å²) in [5.41, 5.74) is 0. The topological polar surface area (TPSA) is 47.9 Å². The van der Waals surface area contributed by atoms with Crippen LogP contribution >= 0.6 is 11.6 Å². The first-order chi connectivity index (χ1) is 5.33. The minimum Gasteiger partial charge on any atom is -0.463 e. The van der Waals surface area contributed by atoms with Crippen LogP contribution in [0.15, 0.2) is 6.33 Å². The average molecular weight is 174 g/mol. The third-order valence-corrected chi connectivity index (χ3v) is 1.14. The molecule has 0 bridgehead atoms. The summed E-state index contributed by atoms with van der Waals surface area (Å²) in [6, 6.07) is 0.284. The van der Waals surface area contributed by atoms with Gasteiger partial charge in [0.2, 0.25) is 5.28 Å². The Morgan fingerprint density at radius 3 is 3.00 bits per heavy atom. The maximum absolute atomic E-state index is 5.48. The number of ether oxygens (including phenoxy) is 1. The molecule has 0 fully saturated rings. The van der Waals surface area contributed by atoms with Crippen molar-refractivity contribution >= 4 is 11.6 Å². The normalized spacial score (nSPS) is 9.64. The summed E-state index contributed by atoms with van der Waals surface area (Å²) in [6.45, 7) is 2.60. The lowest BCUT2D eigenvalue weighted by Crippen LogP contribution is -2.00. The number of halogens is 1. The molecule has 0 atom stereocenters. The maximum Gasteiger partial charge on any atom is 0.320 e. The van der Waals surface area contributed by atoms with E-state index < -0.39 is 0 Å². The monoisotopic (exact) mass is 173 g/mol. The highest BCUT2D eigenvalue weighted by Crippen LogP contribution is 2.03. The molecule has 0 unspecified atom stereocenters. The second kappa shape index (κ2) is 4.08. The Morgan fingerprint density at radius 2 is 2.36 bits per heavy atom. The molecule has 11 heavy (non-hydrogen) atoms. The van der Waals surface area contributed by atoms with Crippen molar-refractivity contribution in [3.05, 3.63) is 11.6 Å². The fourth-order valence-corrected chi connectivity index (χ4v) is 0.641. The molecule has 5 heteroatoms. The van der Waals surface area contributed by atoms with Crippen molar-refractivity contribution in [2.24, 2.45) is 0 Å². The molecule has 1 aromatic rings. The van der Waals surface area contributed by atoms with Crippen molar-refractivity contribution in [1.29, 1.82) is 0 Å². The number of aromatic nitrogens is 3. The van der Waals surface area contributed by atoms with E-state index in [1.54, 1.807) is 0 Å². The van der Waals surface area contributed by atoms with E-state index in [1.807, 2.05) is 6.92 Å². The summed E-state index contributed by atoms with van der Waals surface area (Å²) in [5.74, 6) is 0. The van der Waals surface area contributed by atoms with Gasteiger partial charge in [0.1, 0.15) is 6.33 Å². The van der Waals surface area contributed by atoms with Crippen molar-refractivity contribution in [1.82, 2.24) is 15.0 Å². The number of hydrogen-bond acceptors (Lipinski definition) is 4. The zero-order valence-electron chi connectivity index (χ0n) is 6.12. The van der Waals surface area contributed by atoms with E-state index in [1.165, 1.54) is 6.33 Å². The number of nitrogens with zero attached hydrogens (tertiary/aromatic N) is 3. The smallest absolute Gasteiger partial charge is 0.320 e. The third kappa shape index (κ3) is 2.67. The van der Waals surface area contributed by atoms with Gasteiger partial charge in [-0.05, 0) is 18.0 Å². The average Bonchev–Trinajstić information content (AvgIpc) is 2.01. The Hall–Kier alpha value is -0.900. The van der Waals surface area contributed by atoms with Gasteiger partial charge in [0.25, 0.3) is 0 Å². The van der Waals surface area contributed by atoms with Gasteiger partial charge in [0, 0.05) is 0 Å². The van der Waals surface area contributed by atoms with Gasteiger partial charge in [0.05, 0.1) is 6.61 Å². The molecule has 1 aromatic heterocycles. The molecule has 4 nitrogen and oxygen atoms in total. The fraction of sp³-hybridized carbons (Fsp3) is 0.500. The van der Waals surface area contributed by atoms with E-state index in [9.17, 15) is 0 Å². The van der Waals surface area contributed by atoms with Crippen LogP contribution in [0.25, 0.3) is 0 Å².